The maximum absolute atomic E-state index is 12.1. The number of nitrogens with zero attached hydrogens (tertiary/aromatic N) is 1. The highest BCUT2D eigenvalue weighted by Gasteiger charge is 2.22. The number of aromatic nitrogens is 1. The molecule has 0 aromatic carbocycles. The fourth-order valence-corrected chi connectivity index (χ4v) is 2.71. The predicted molar refractivity (Wildman–Crippen MR) is 79.2 cm³/mol. The van der Waals surface area contributed by atoms with Gasteiger partial charge in [-0.3, -0.25) is 0 Å². The molecule has 7 heteroatoms. The molecule has 2 N–H and O–H groups in total. The molecule has 0 spiro atoms. The zero-order valence-corrected chi connectivity index (χ0v) is 13.3. The van der Waals surface area contributed by atoms with Gasteiger partial charge in [-0.05, 0) is 24.0 Å². The van der Waals surface area contributed by atoms with E-state index in [1.807, 2.05) is 13.8 Å². The molecule has 1 aromatic rings. The number of nitrogens with one attached hydrogen (secondary N) is 2. The lowest BCUT2D eigenvalue weighted by molar-refractivity contribution is 0.153. The van der Waals surface area contributed by atoms with Crippen LogP contribution in [0.1, 0.15) is 20.3 Å². The SMILES string of the molecule is CNc1ccc(S(=O)(=O)NCC(C)(C)CCOC)cn1. The second kappa shape index (κ2) is 7.01. The first-order valence-electron chi connectivity index (χ1n) is 6.43. The van der Waals surface area contributed by atoms with Crippen LogP contribution in [0.5, 0.6) is 0 Å². The van der Waals surface area contributed by atoms with Crippen molar-refractivity contribution in [2.45, 2.75) is 25.2 Å². The summed E-state index contributed by atoms with van der Waals surface area (Å²) < 4.78 is 31.9. The van der Waals surface area contributed by atoms with E-state index in [1.54, 1.807) is 20.2 Å². The molecule has 6 nitrogen and oxygen atoms in total. The van der Waals surface area contributed by atoms with Crippen LogP contribution in [0.3, 0.4) is 0 Å². The molecule has 0 atom stereocenters. The van der Waals surface area contributed by atoms with Crippen LogP contribution in [0, 0.1) is 5.41 Å². The summed E-state index contributed by atoms with van der Waals surface area (Å²) in [5.74, 6) is 0.629. The molecule has 0 fully saturated rings. The summed E-state index contributed by atoms with van der Waals surface area (Å²) in [7, 11) is -0.161. The van der Waals surface area contributed by atoms with E-state index in [-0.39, 0.29) is 10.3 Å². The van der Waals surface area contributed by atoms with Gasteiger partial charge in [0.05, 0.1) is 0 Å². The maximum Gasteiger partial charge on any atom is 0.242 e. The summed E-state index contributed by atoms with van der Waals surface area (Å²) >= 11 is 0. The van der Waals surface area contributed by atoms with Crippen molar-refractivity contribution in [3.63, 3.8) is 0 Å². The molecule has 1 rings (SSSR count). The van der Waals surface area contributed by atoms with Crippen LogP contribution in [-0.4, -0.2) is 40.7 Å². The molecule has 20 heavy (non-hydrogen) atoms. The van der Waals surface area contributed by atoms with Gasteiger partial charge in [0.2, 0.25) is 10.0 Å². The van der Waals surface area contributed by atoms with Crippen molar-refractivity contribution >= 4 is 15.8 Å². The third-order valence-electron chi connectivity index (χ3n) is 3.03. The summed E-state index contributed by atoms with van der Waals surface area (Å²) in [6.45, 7) is 4.95. The van der Waals surface area contributed by atoms with Gasteiger partial charge in [0.1, 0.15) is 10.7 Å². The summed E-state index contributed by atoms with van der Waals surface area (Å²) in [6, 6.07) is 3.16. The van der Waals surface area contributed by atoms with Gasteiger partial charge in [0, 0.05) is 33.5 Å². The topological polar surface area (TPSA) is 80.3 Å². The average molecular weight is 301 g/mol. The minimum atomic E-state index is -3.52. The van der Waals surface area contributed by atoms with Gasteiger partial charge in [-0.1, -0.05) is 13.8 Å². The second-order valence-corrected chi connectivity index (χ2v) is 7.13. The highest BCUT2D eigenvalue weighted by Crippen LogP contribution is 2.20. The lowest BCUT2D eigenvalue weighted by Crippen LogP contribution is -2.34. The molecule has 0 aliphatic heterocycles. The van der Waals surface area contributed by atoms with Crippen molar-refractivity contribution < 1.29 is 13.2 Å². The van der Waals surface area contributed by atoms with E-state index in [1.165, 1.54) is 12.3 Å². The quantitative estimate of drug-likeness (QED) is 0.760. The predicted octanol–water partition coefficient (Wildman–Crippen LogP) is 1.46. The molecule has 0 saturated carbocycles. The first kappa shape index (κ1) is 16.9. The molecule has 0 radical (unpaired) electrons. The summed E-state index contributed by atoms with van der Waals surface area (Å²) in [4.78, 5) is 4.17. The van der Waals surface area contributed by atoms with Gasteiger partial charge in [-0.25, -0.2) is 18.1 Å². The molecule has 114 valence electrons. The molecule has 0 aliphatic rings. The summed E-state index contributed by atoms with van der Waals surface area (Å²) in [5.41, 5.74) is -0.165. The Bertz CT molecular complexity index is 512. The van der Waals surface area contributed by atoms with Gasteiger partial charge in [0.25, 0.3) is 0 Å². The molecule has 1 heterocycles. The smallest absolute Gasteiger partial charge is 0.242 e. The number of hydrogen-bond donors (Lipinski definition) is 2. The number of pyridine rings is 1. The van der Waals surface area contributed by atoms with Crippen LogP contribution in [0.2, 0.25) is 0 Å². The molecule has 0 amide bonds. The van der Waals surface area contributed by atoms with Crippen LogP contribution in [0.25, 0.3) is 0 Å². The molecule has 0 bridgehead atoms. The van der Waals surface area contributed by atoms with Crippen LogP contribution in [0.15, 0.2) is 23.2 Å². The van der Waals surface area contributed by atoms with Crippen LogP contribution < -0.4 is 10.0 Å². The van der Waals surface area contributed by atoms with E-state index in [9.17, 15) is 8.42 Å². The van der Waals surface area contributed by atoms with Gasteiger partial charge in [-0.15, -0.1) is 0 Å². The fourth-order valence-electron chi connectivity index (χ4n) is 1.53. The molecular weight excluding hydrogens is 278 g/mol. The Kier molecular flexibility index (Phi) is 5.91. The number of sulfonamides is 1. The van der Waals surface area contributed by atoms with Crippen LogP contribution in [0.4, 0.5) is 5.82 Å². The lowest BCUT2D eigenvalue weighted by Gasteiger charge is -2.24. The monoisotopic (exact) mass is 301 g/mol. The number of anilines is 1. The summed E-state index contributed by atoms with van der Waals surface area (Å²) in [5, 5.41) is 2.84. The fraction of sp³-hybridized carbons (Fsp3) is 0.615. The van der Waals surface area contributed by atoms with Crippen LogP contribution >= 0.6 is 0 Å². The number of ether oxygens (including phenoxy) is 1. The molecule has 0 saturated heterocycles. The zero-order chi connectivity index (χ0) is 15.2. The van der Waals surface area contributed by atoms with Crippen molar-refractivity contribution in [1.29, 1.82) is 0 Å². The Hall–Kier alpha value is -1.18. The van der Waals surface area contributed by atoms with Gasteiger partial charge in [0.15, 0.2) is 0 Å². The van der Waals surface area contributed by atoms with Crippen LogP contribution in [-0.2, 0) is 14.8 Å². The Balaban J connectivity index is 2.69. The second-order valence-electron chi connectivity index (χ2n) is 5.36. The van der Waals surface area contributed by atoms with Crippen molar-refractivity contribution in [1.82, 2.24) is 9.71 Å². The zero-order valence-electron chi connectivity index (χ0n) is 12.4. The largest absolute Gasteiger partial charge is 0.385 e. The minimum Gasteiger partial charge on any atom is -0.385 e. The van der Waals surface area contributed by atoms with Crippen molar-refractivity contribution in [3.8, 4) is 0 Å². The van der Waals surface area contributed by atoms with E-state index < -0.39 is 10.0 Å². The van der Waals surface area contributed by atoms with Gasteiger partial charge in [-0.2, -0.15) is 0 Å². The van der Waals surface area contributed by atoms with E-state index in [2.05, 4.69) is 15.0 Å². The summed E-state index contributed by atoms with van der Waals surface area (Å²) in [6.07, 6.45) is 2.12. The standard InChI is InChI=1S/C13H23N3O3S/c1-13(2,7-8-19-4)10-16-20(17,18)11-5-6-12(14-3)15-9-11/h5-6,9,16H,7-8,10H2,1-4H3,(H,14,15). The van der Waals surface area contributed by atoms with Gasteiger partial charge < -0.3 is 10.1 Å². The first-order valence-corrected chi connectivity index (χ1v) is 7.91. The third-order valence-corrected chi connectivity index (χ3v) is 4.41. The van der Waals surface area contributed by atoms with Crippen molar-refractivity contribution in [3.05, 3.63) is 18.3 Å². The highest BCUT2D eigenvalue weighted by atomic mass is 32.2. The number of rotatable bonds is 8. The van der Waals surface area contributed by atoms with E-state index in [0.29, 0.717) is 19.0 Å². The molecule has 1 aromatic heterocycles. The van der Waals surface area contributed by atoms with Crippen molar-refractivity contribution in [2.24, 2.45) is 5.41 Å². The highest BCUT2D eigenvalue weighted by molar-refractivity contribution is 7.89. The lowest BCUT2D eigenvalue weighted by atomic mass is 9.90. The molecule has 0 aliphatic carbocycles. The first-order chi connectivity index (χ1) is 9.30. The number of hydrogen-bond acceptors (Lipinski definition) is 5. The van der Waals surface area contributed by atoms with Crippen molar-refractivity contribution in [2.75, 3.05) is 32.6 Å². The Morgan fingerprint density at radius 3 is 2.55 bits per heavy atom. The normalized spacial score (nSPS) is 12.4. The Labute approximate surface area is 121 Å². The van der Waals surface area contributed by atoms with E-state index >= 15 is 0 Å². The minimum absolute atomic E-state index is 0.165. The maximum atomic E-state index is 12.1. The average Bonchev–Trinajstić information content (AvgIpc) is 2.43. The molecule has 0 unspecified atom stereocenters. The third kappa shape index (κ3) is 5.07. The number of methoxy groups -OCH3 is 1. The molecular formula is C13H23N3O3S. The van der Waals surface area contributed by atoms with E-state index in [0.717, 1.165) is 6.42 Å². The Morgan fingerprint density at radius 2 is 2.05 bits per heavy atom. The van der Waals surface area contributed by atoms with E-state index in [4.69, 9.17) is 4.74 Å². The Morgan fingerprint density at radius 1 is 1.35 bits per heavy atom. The van der Waals surface area contributed by atoms with Gasteiger partial charge >= 0.3 is 0 Å².